The van der Waals surface area contributed by atoms with Crippen molar-refractivity contribution in [3.63, 3.8) is 0 Å². The molecule has 0 aliphatic carbocycles. The number of carbonyl (C=O) groups is 1. The highest BCUT2D eigenvalue weighted by Gasteiger charge is 2.31. The van der Waals surface area contributed by atoms with Crippen molar-refractivity contribution in [2.24, 2.45) is 5.92 Å². The van der Waals surface area contributed by atoms with Crippen molar-refractivity contribution in [3.05, 3.63) is 11.7 Å². The number of likely N-dealkylation sites (tertiary alicyclic amines) is 1. The van der Waals surface area contributed by atoms with Crippen molar-refractivity contribution in [3.8, 4) is 0 Å². The van der Waals surface area contributed by atoms with Gasteiger partial charge in [0.1, 0.15) is 6.42 Å². The van der Waals surface area contributed by atoms with Crippen molar-refractivity contribution in [1.82, 2.24) is 25.7 Å². The number of nitrogens with zero attached hydrogens (tertiary/aromatic N) is 3. The Balaban J connectivity index is 1.44. The molecular formula is C16H24F3N5O2. The second kappa shape index (κ2) is 8.34. The van der Waals surface area contributed by atoms with Crippen LogP contribution in [0.5, 0.6) is 0 Å². The fourth-order valence-corrected chi connectivity index (χ4v) is 3.53. The summed E-state index contributed by atoms with van der Waals surface area (Å²) in [6, 6.07) is -0.0832. The molecule has 1 aromatic rings. The van der Waals surface area contributed by atoms with E-state index >= 15 is 0 Å². The normalized spacial score (nSPS) is 24.7. The van der Waals surface area contributed by atoms with Crippen molar-refractivity contribution >= 4 is 5.91 Å². The van der Waals surface area contributed by atoms with Gasteiger partial charge in [0.25, 0.3) is 0 Å². The van der Waals surface area contributed by atoms with Gasteiger partial charge in [-0.3, -0.25) is 9.69 Å². The van der Waals surface area contributed by atoms with Crippen LogP contribution in [-0.4, -0.2) is 59.3 Å². The van der Waals surface area contributed by atoms with E-state index in [4.69, 9.17) is 4.52 Å². The van der Waals surface area contributed by atoms with E-state index in [2.05, 4.69) is 25.7 Å². The maximum atomic E-state index is 12.4. The molecule has 0 spiro atoms. The van der Waals surface area contributed by atoms with Gasteiger partial charge in [0, 0.05) is 13.1 Å². The Kier molecular flexibility index (Phi) is 6.13. The Bertz CT molecular complexity index is 601. The van der Waals surface area contributed by atoms with Gasteiger partial charge in [-0.25, -0.2) is 0 Å². The van der Waals surface area contributed by atoms with Gasteiger partial charge >= 0.3 is 6.18 Å². The fourth-order valence-electron chi connectivity index (χ4n) is 3.53. The summed E-state index contributed by atoms with van der Waals surface area (Å²) < 4.78 is 42.0. The van der Waals surface area contributed by atoms with Gasteiger partial charge in [0.05, 0.1) is 12.6 Å². The zero-order valence-corrected chi connectivity index (χ0v) is 14.5. The van der Waals surface area contributed by atoms with Gasteiger partial charge in [-0.05, 0) is 44.7 Å². The molecule has 146 valence electrons. The van der Waals surface area contributed by atoms with Gasteiger partial charge in [-0.15, -0.1) is 0 Å². The van der Waals surface area contributed by atoms with E-state index in [1.807, 2.05) is 0 Å². The summed E-state index contributed by atoms with van der Waals surface area (Å²) in [6.45, 7) is 3.40. The Morgan fingerprint density at radius 1 is 1.35 bits per heavy atom. The fraction of sp³-hybridized carbons (Fsp3) is 0.812. The highest BCUT2D eigenvalue weighted by Crippen LogP contribution is 2.21. The predicted molar refractivity (Wildman–Crippen MR) is 86.1 cm³/mol. The number of piperidine rings is 1. The number of hydrogen-bond acceptors (Lipinski definition) is 6. The second-order valence-corrected chi connectivity index (χ2v) is 7.03. The molecule has 2 unspecified atom stereocenters. The van der Waals surface area contributed by atoms with Gasteiger partial charge in [0.15, 0.2) is 5.82 Å². The second-order valence-electron chi connectivity index (χ2n) is 7.03. The molecule has 2 fully saturated rings. The first kappa shape index (κ1) is 19.1. The Labute approximate surface area is 149 Å². The van der Waals surface area contributed by atoms with Crippen LogP contribution in [0.1, 0.15) is 37.4 Å². The van der Waals surface area contributed by atoms with E-state index in [0.717, 1.165) is 45.3 Å². The quantitative estimate of drug-likeness (QED) is 0.779. The van der Waals surface area contributed by atoms with E-state index in [9.17, 15) is 18.0 Å². The van der Waals surface area contributed by atoms with Crippen LogP contribution in [0.15, 0.2) is 4.52 Å². The number of nitrogens with one attached hydrogen (secondary N) is 2. The molecule has 0 radical (unpaired) electrons. The summed E-state index contributed by atoms with van der Waals surface area (Å²) in [5.41, 5.74) is 0. The van der Waals surface area contributed by atoms with E-state index in [1.54, 1.807) is 0 Å². The Morgan fingerprint density at radius 2 is 2.19 bits per heavy atom. The number of alkyl halides is 3. The lowest BCUT2D eigenvalue weighted by atomic mass is 9.98. The van der Waals surface area contributed by atoms with E-state index < -0.39 is 12.6 Å². The molecule has 2 aliphatic heterocycles. The molecule has 10 heteroatoms. The largest absolute Gasteiger partial charge is 0.396 e. The minimum atomic E-state index is -4.34. The molecule has 3 heterocycles. The summed E-state index contributed by atoms with van der Waals surface area (Å²) in [5, 5.41) is 9.57. The van der Waals surface area contributed by atoms with E-state index in [1.165, 1.54) is 0 Å². The monoisotopic (exact) mass is 375 g/mol. The zero-order valence-electron chi connectivity index (χ0n) is 14.5. The summed E-state index contributed by atoms with van der Waals surface area (Å²) in [6.07, 6.45) is -1.65. The molecule has 3 rings (SSSR count). The Morgan fingerprint density at radius 3 is 2.92 bits per heavy atom. The van der Waals surface area contributed by atoms with Crippen LogP contribution in [0.4, 0.5) is 13.2 Å². The van der Waals surface area contributed by atoms with Crippen LogP contribution in [0.2, 0.25) is 0 Å². The van der Waals surface area contributed by atoms with Gasteiger partial charge < -0.3 is 15.2 Å². The first-order chi connectivity index (χ1) is 12.4. The van der Waals surface area contributed by atoms with Crippen LogP contribution in [0, 0.1) is 5.92 Å². The van der Waals surface area contributed by atoms with Gasteiger partial charge in [-0.1, -0.05) is 5.16 Å². The molecule has 0 aromatic carbocycles. The maximum absolute atomic E-state index is 12.4. The first-order valence-corrected chi connectivity index (χ1v) is 9.01. The minimum Gasteiger partial charge on any atom is -0.354 e. The van der Waals surface area contributed by atoms with Crippen molar-refractivity contribution in [1.29, 1.82) is 0 Å². The lowest BCUT2D eigenvalue weighted by Crippen LogP contribution is -2.45. The van der Waals surface area contributed by atoms with E-state index in [-0.39, 0.29) is 23.7 Å². The molecule has 0 bridgehead atoms. The molecule has 2 aliphatic rings. The summed E-state index contributed by atoms with van der Waals surface area (Å²) in [5.74, 6) is 0.224. The van der Waals surface area contributed by atoms with Crippen molar-refractivity contribution < 1.29 is 22.5 Å². The minimum absolute atomic E-state index is 0.0494. The molecule has 0 saturated carbocycles. The third kappa shape index (κ3) is 5.66. The van der Waals surface area contributed by atoms with Gasteiger partial charge in [-0.2, -0.15) is 18.2 Å². The van der Waals surface area contributed by atoms with Crippen molar-refractivity contribution in [2.45, 2.75) is 50.9 Å². The average molecular weight is 375 g/mol. The molecule has 26 heavy (non-hydrogen) atoms. The summed E-state index contributed by atoms with van der Waals surface area (Å²) >= 11 is 0. The lowest BCUT2D eigenvalue weighted by Gasteiger charge is -2.32. The molecule has 2 atom stereocenters. The summed E-state index contributed by atoms with van der Waals surface area (Å²) in [7, 11) is 0. The average Bonchev–Trinajstić information content (AvgIpc) is 3.24. The standard InChI is InChI=1S/C16H24F3N5O2/c17-16(18,19)7-13-22-14(26-23-13)10-24-6-2-3-11(9-24)8-21-15(25)12-4-1-5-20-12/h11-12,20H,1-10H2,(H,21,25). The van der Waals surface area contributed by atoms with Crippen LogP contribution >= 0.6 is 0 Å². The predicted octanol–water partition coefficient (Wildman–Crippen LogP) is 1.25. The summed E-state index contributed by atoms with van der Waals surface area (Å²) in [4.78, 5) is 18.0. The third-order valence-corrected chi connectivity index (χ3v) is 4.77. The number of halogens is 3. The first-order valence-electron chi connectivity index (χ1n) is 9.01. The Hall–Kier alpha value is -1.68. The molecule has 1 aromatic heterocycles. The SMILES string of the molecule is O=C(NCC1CCCN(Cc2nc(CC(F)(F)F)no2)C1)C1CCCN1. The van der Waals surface area contributed by atoms with Crippen LogP contribution in [0.3, 0.4) is 0 Å². The highest BCUT2D eigenvalue weighted by atomic mass is 19.4. The van der Waals surface area contributed by atoms with Crippen LogP contribution in [0.25, 0.3) is 0 Å². The van der Waals surface area contributed by atoms with Crippen molar-refractivity contribution in [2.75, 3.05) is 26.2 Å². The van der Waals surface area contributed by atoms with Gasteiger partial charge in [0.2, 0.25) is 11.8 Å². The number of amides is 1. The molecule has 2 saturated heterocycles. The molecular weight excluding hydrogens is 351 g/mol. The maximum Gasteiger partial charge on any atom is 0.396 e. The number of rotatable bonds is 6. The smallest absolute Gasteiger partial charge is 0.354 e. The number of carbonyl (C=O) groups excluding carboxylic acids is 1. The van der Waals surface area contributed by atoms with E-state index in [0.29, 0.717) is 19.0 Å². The lowest BCUT2D eigenvalue weighted by molar-refractivity contribution is -0.128. The third-order valence-electron chi connectivity index (χ3n) is 4.77. The topological polar surface area (TPSA) is 83.3 Å². The number of hydrogen-bond donors (Lipinski definition) is 2. The zero-order chi connectivity index (χ0) is 18.6. The van der Waals surface area contributed by atoms with Crippen LogP contribution < -0.4 is 10.6 Å². The molecule has 7 nitrogen and oxygen atoms in total. The molecule has 2 N–H and O–H groups in total. The highest BCUT2D eigenvalue weighted by molar-refractivity contribution is 5.81. The van der Waals surface area contributed by atoms with Crippen LogP contribution in [-0.2, 0) is 17.8 Å². The number of aromatic nitrogens is 2. The molecule has 1 amide bonds.